The molecule has 176 valence electrons. The maximum atomic E-state index is 12.9. The minimum absolute atomic E-state index is 0. The first-order chi connectivity index (χ1) is 14.1. The summed E-state index contributed by atoms with van der Waals surface area (Å²) in [7, 11) is 4.91. The highest BCUT2D eigenvalue weighted by Crippen LogP contribution is 2.29. The van der Waals surface area contributed by atoms with Crippen LogP contribution in [0.2, 0.25) is 0 Å². The van der Waals surface area contributed by atoms with Crippen LogP contribution in [0.5, 0.6) is 0 Å². The van der Waals surface area contributed by atoms with Crippen LogP contribution in [0.1, 0.15) is 24.0 Å². The van der Waals surface area contributed by atoms with Gasteiger partial charge in [-0.25, -0.2) is 4.99 Å². The summed E-state index contributed by atoms with van der Waals surface area (Å²) in [5.41, 5.74) is -0.735. The highest BCUT2D eigenvalue weighted by atomic mass is 127. The van der Waals surface area contributed by atoms with Crippen molar-refractivity contribution in [2.75, 3.05) is 47.5 Å². The number of alkyl halides is 3. The molecule has 1 aromatic carbocycles. The lowest BCUT2D eigenvalue weighted by Gasteiger charge is -2.36. The number of carbonyl (C=O) groups excluding carboxylic acids is 1. The van der Waals surface area contributed by atoms with Crippen molar-refractivity contribution in [1.82, 2.24) is 15.5 Å². The number of benzene rings is 1. The molecule has 1 fully saturated rings. The third-order valence-corrected chi connectivity index (χ3v) is 4.99. The van der Waals surface area contributed by atoms with E-state index in [0.717, 1.165) is 12.1 Å². The second-order valence-electron chi connectivity index (χ2n) is 7.36. The molecule has 0 radical (unpaired) electrons. The van der Waals surface area contributed by atoms with Crippen LogP contribution in [0.3, 0.4) is 0 Å². The summed E-state index contributed by atoms with van der Waals surface area (Å²) in [6.07, 6.45) is -3.01. The lowest BCUT2D eigenvalue weighted by Crippen LogP contribution is -2.51. The van der Waals surface area contributed by atoms with Gasteiger partial charge in [-0.2, -0.15) is 13.2 Å². The third-order valence-electron chi connectivity index (χ3n) is 4.99. The van der Waals surface area contributed by atoms with Crippen LogP contribution in [0.25, 0.3) is 0 Å². The molecule has 1 saturated heterocycles. The topological polar surface area (TPSA) is 75.2 Å². The van der Waals surface area contributed by atoms with Crippen LogP contribution >= 0.6 is 24.0 Å². The molecule has 1 heterocycles. The van der Waals surface area contributed by atoms with Crippen molar-refractivity contribution in [3.8, 4) is 0 Å². The van der Waals surface area contributed by atoms with Gasteiger partial charge in [0.15, 0.2) is 5.96 Å². The number of hydrogen-bond acceptors (Lipinski definition) is 4. The number of halogens is 4. The first-order valence-electron chi connectivity index (χ1n) is 9.66. The van der Waals surface area contributed by atoms with Crippen molar-refractivity contribution in [3.05, 3.63) is 35.4 Å². The number of likely N-dealkylation sites (N-methyl/N-ethyl adjacent to an activating group) is 1. The molecule has 1 amide bonds. The van der Waals surface area contributed by atoms with E-state index in [9.17, 15) is 18.0 Å². The van der Waals surface area contributed by atoms with E-state index in [0.29, 0.717) is 44.1 Å². The molecule has 0 aromatic heterocycles. The standard InChI is InChI=1S/C20H29F3N4O3.HI/c1-27(2)17(28)13-25-18(26-14-19(29-3)7-9-30-10-8-19)24-12-15-5-4-6-16(11-15)20(21,22)23;/h4-6,11H,7-10,12-14H2,1-3H3,(H2,24,25,26);1H. The van der Waals surface area contributed by atoms with Crippen LogP contribution in [0, 0.1) is 0 Å². The van der Waals surface area contributed by atoms with Gasteiger partial charge in [-0.05, 0) is 17.7 Å². The van der Waals surface area contributed by atoms with E-state index in [2.05, 4.69) is 15.6 Å². The zero-order chi connectivity index (χ0) is 22.2. The highest BCUT2D eigenvalue weighted by Gasteiger charge is 2.33. The minimum Gasteiger partial charge on any atom is -0.381 e. The number of methoxy groups -OCH3 is 1. The second-order valence-corrected chi connectivity index (χ2v) is 7.36. The van der Waals surface area contributed by atoms with E-state index in [1.54, 1.807) is 27.3 Å². The molecule has 0 unspecified atom stereocenters. The van der Waals surface area contributed by atoms with E-state index < -0.39 is 17.3 Å². The number of rotatable bonds is 7. The molecular formula is C20H30F3IN4O3. The molecule has 0 saturated carbocycles. The fraction of sp³-hybridized carbons (Fsp3) is 0.600. The molecule has 7 nitrogen and oxygen atoms in total. The average molecular weight is 558 g/mol. The molecule has 1 aliphatic rings. The van der Waals surface area contributed by atoms with Gasteiger partial charge in [0, 0.05) is 53.8 Å². The summed E-state index contributed by atoms with van der Waals surface area (Å²) < 4.78 is 49.9. The molecule has 0 atom stereocenters. The fourth-order valence-corrected chi connectivity index (χ4v) is 2.95. The van der Waals surface area contributed by atoms with Crippen LogP contribution in [0.4, 0.5) is 13.2 Å². The zero-order valence-electron chi connectivity index (χ0n) is 17.9. The summed E-state index contributed by atoms with van der Waals surface area (Å²) in [4.78, 5) is 17.7. The van der Waals surface area contributed by atoms with Crippen molar-refractivity contribution < 1.29 is 27.4 Å². The first-order valence-corrected chi connectivity index (χ1v) is 9.66. The maximum absolute atomic E-state index is 12.9. The Balaban J connectivity index is 0.00000480. The Kier molecular flexibility index (Phi) is 11.0. The van der Waals surface area contributed by atoms with Gasteiger partial charge in [0.05, 0.1) is 24.3 Å². The Morgan fingerprint density at radius 3 is 2.52 bits per heavy atom. The first kappa shape index (κ1) is 27.4. The molecule has 0 aliphatic carbocycles. The smallest absolute Gasteiger partial charge is 0.381 e. The largest absolute Gasteiger partial charge is 0.416 e. The number of nitrogens with one attached hydrogen (secondary N) is 2. The number of ether oxygens (including phenoxy) is 2. The lowest BCUT2D eigenvalue weighted by molar-refractivity contribution is -0.137. The quantitative estimate of drug-likeness (QED) is 0.306. The van der Waals surface area contributed by atoms with Gasteiger partial charge in [-0.1, -0.05) is 12.1 Å². The number of guanidine groups is 1. The molecule has 31 heavy (non-hydrogen) atoms. The Hall–Kier alpha value is -1.60. The summed E-state index contributed by atoms with van der Waals surface area (Å²) in [6, 6.07) is 5.03. The molecule has 0 bridgehead atoms. The summed E-state index contributed by atoms with van der Waals surface area (Å²) in [5.74, 6) is 0.168. The van der Waals surface area contributed by atoms with E-state index in [4.69, 9.17) is 9.47 Å². The number of amides is 1. The average Bonchev–Trinajstić information content (AvgIpc) is 2.73. The van der Waals surface area contributed by atoms with Gasteiger partial charge < -0.3 is 25.0 Å². The van der Waals surface area contributed by atoms with Crippen molar-refractivity contribution >= 4 is 35.8 Å². The van der Waals surface area contributed by atoms with Gasteiger partial charge in [0.25, 0.3) is 0 Å². The van der Waals surface area contributed by atoms with Gasteiger partial charge in [0.1, 0.15) is 0 Å². The van der Waals surface area contributed by atoms with Crippen LogP contribution in [0.15, 0.2) is 29.3 Å². The van der Waals surface area contributed by atoms with E-state index in [-0.39, 0.29) is 43.0 Å². The summed E-state index contributed by atoms with van der Waals surface area (Å²) >= 11 is 0. The van der Waals surface area contributed by atoms with Crippen LogP contribution in [-0.2, 0) is 27.0 Å². The number of aliphatic imine (C=N–C) groups is 1. The van der Waals surface area contributed by atoms with E-state index >= 15 is 0 Å². The minimum atomic E-state index is -4.41. The Morgan fingerprint density at radius 1 is 1.26 bits per heavy atom. The SMILES string of the molecule is COC1(CNC(=NCc2cccc(C(F)(F)F)c2)NCC(=O)N(C)C)CCOCC1.I. The van der Waals surface area contributed by atoms with Crippen molar-refractivity contribution in [2.45, 2.75) is 31.2 Å². The maximum Gasteiger partial charge on any atom is 0.416 e. The highest BCUT2D eigenvalue weighted by molar-refractivity contribution is 14.0. The Labute approximate surface area is 197 Å². The molecule has 0 spiro atoms. The molecular weight excluding hydrogens is 528 g/mol. The molecule has 11 heteroatoms. The van der Waals surface area contributed by atoms with Crippen LogP contribution < -0.4 is 10.6 Å². The van der Waals surface area contributed by atoms with Crippen molar-refractivity contribution in [1.29, 1.82) is 0 Å². The molecule has 2 N–H and O–H groups in total. The predicted octanol–water partition coefficient (Wildman–Crippen LogP) is 2.64. The van der Waals surface area contributed by atoms with Crippen molar-refractivity contribution in [2.24, 2.45) is 4.99 Å². The van der Waals surface area contributed by atoms with Gasteiger partial charge in [-0.3, -0.25) is 4.79 Å². The zero-order valence-corrected chi connectivity index (χ0v) is 20.3. The van der Waals surface area contributed by atoms with Gasteiger partial charge in [-0.15, -0.1) is 24.0 Å². The summed E-state index contributed by atoms with van der Waals surface area (Å²) in [6.45, 7) is 1.62. The van der Waals surface area contributed by atoms with Gasteiger partial charge in [0.2, 0.25) is 5.91 Å². The number of nitrogens with zero attached hydrogens (tertiary/aromatic N) is 2. The normalized spacial score (nSPS) is 16.3. The molecule has 1 aromatic rings. The van der Waals surface area contributed by atoms with Crippen LogP contribution in [-0.4, -0.2) is 69.9 Å². The molecule has 2 rings (SSSR count). The lowest BCUT2D eigenvalue weighted by atomic mass is 9.94. The van der Waals surface area contributed by atoms with Crippen molar-refractivity contribution in [3.63, 3.8) is 0 Å². The second kappa shape index (κ2) is 12.4. The Bertz CT molecular complexity index is 739. The predicted molar refractivity (Wildman–Crippen MR) is 122 cm³/mol. The third kappa shape index (κ3) is 8.81. The monoisotopic (exact) mass is 558 g/mol. The Morgan fingerprint density at radius 2 is 1.94 bits per heavy atom. The van der Waals surface area contributed by atoms with Gasteiger partial charge >= 0.3 is 6.18 Å². The molecule has 1 aliphatic heterocycles. The number of hydrogen-bond donors (Lipinski definition) is 2. The number of carbonyl (C=O) groups is 1. The van der Waals surface area contributed by atoms with E-state index in [1.165, 1.54) is 11.0 Å². The summed E-state index contributed by atoms with van der Waals surface area (Å²) in [5, 5.41) is 6.09. The van der Waals surface area contributed by atoms with E-state index in [1.807, 2.05) is 0 Å². The fourth-order valence-electron chi connectivity index (χ4n) is 2.95.